The normalized spacial score (nSPS) is 10.1. The van der Waals surface area contributed by atoms with Crippen molar-refractivity contribution in [2.24, 2.45) is 0 Å². The van der Waals surface area contributed by atoms with Crippen molar-refractivity contribution in [3.05, 3.63) is 58.6 Å². The Morgan fingerprint density at radius 1 is 1.25 bits per heavy atom. The maximum atomic E-state index is 11.4. The molecule has 0 saturated carbocycles. The van der Waals surface area contributed by atoms with Crippen LogP contribution in [0.4, 0.5) is 11.4 Å². The van der Waals surface area contributed by atoms with Crippen molar-refractivity contribution >= 4 is 28.9 Å². The first-order valence-electron chi connectivity index (χ1n) is 6.06. The van der Waals surface area contributed by atoms with E-state index in [1.165, 1.54) is 7.11 Å². The van der Waals surface area contributed by atoms with Crippen LogP contribution in [0, 0.1) is 0 Å². The molecule has 5 heteroatoms. The van der Waals surface area contributed by atoms with Gasteiger partial charge in [-0.3, -0.25) is 0 Å². The first-order valence-corrected chi connectivity index (χ1v) is 6.44. The SMILES string of the molecule is COC(=O)c1ccc(NCc2ccc(Cl)cc2)c(N)c1. The number of nitrogens with two attached hydrogens (primary N) is 1. The molecular formula is C15H15ClN2O2. The molecule has 2 rings (SSSR count). The van der Waals surface area contributed by atoms with Crippen molar-refractivity contribution in [2.75, 3.05) is 18.2 Å². The fraction of sp³-hybridized carbons (Fsp3) is 0.133. The van der Waals surface area contributed by atoms with Crippen molar-refractivity contribution < 1.29 is 9.53 Å². The summed E-state index contributed by atoms with van der Waals surface area (Å²) in [6.45, 7) is 0.624. The predicted molar refractivity (Wildman–Crippen MR) is 81.0 cm³/mol. The summed E-state index contributed by atoms with van der Waals surface area (Å²) >= 11 is 5.83. The maximum Gasteiger partial charge on any atom is 0.337 e. The molecule has 0 spiro atoms. The number of hydrogen-bond donors (Lipinski definition) is 2. The third-order valence-electron chi connectivity index (χ3n) is 2.87. The van der Waals surface area contributed by atoms with Gasteiger partial charge in [0, 0.05) is 11.6 Å². The molecule has 0 aromatic heterocycles. The van der Waals surface area contributed by atoms with E-state index in [1.807, 2.05) is 24.3 Å². The maximum absolute atomic E-state index is 11.4. The number of esters is 1. The molecule has 0 heterocycles. The molecule has 0 aliphatic rings. The third-order valence-corrected chi connectivity index (χ3v) is 3.12. The Hall–Kier alpha value is -2.20. The smallest absolute Gasteiger partial charge is 0.337 e. The van der Waals surface area contributed by atoms with Gasteiger partial charge in [0.05, 0.1) is 24.0 Å². The minimum atomic E-state index is -0.402. The quantitative estimate of drug-likeness (QED) is 0.670. The van der Waals surface area contributed by atoms with Crippen molar-refractivity contribution in [2.45, 2.75) is 6.54 Å². The number of nitrogen functional groups attached to an aromatic ring is 1. The van der Waals surface area contributed by atoms with Crippen molar-refractivity contribution in [3.63, 3.8) is 0 Å². The number of hydrogen-bond acceptors (Lipinski definition) is 4. The number of halogens is 1. The molecule has 2 aromatic rings. The summed E-state index contributed by atoms with van der Waals surface area (Å²) in [6.07, 6.45) is 0. The highest BCUT2D eigenvalue weighted by Gasteiger charge is 2.07. The van der Waals surface area contributed by atoms with Gasteiger partial charge in [-0.15, -0.1) is 0 Å². The van der Waals surface area contributed by atoms with Crippen molar-refractivity contribution in [1.82, 2.24) is 0 Å². The molecule has 20 heavy (non-hydrogen) atoms. The van der Waals surface area contributed by atoms with Gasteiger partial charge in [-0.2, -0.15) is 0 Å². The lowest BCUT2D eigenvalue weighted by Gasteiger charge is -2.10. The molecular weight excluding hydrogens is 276 g/mol. The number of rotatable bonds is 4. The van der Waals surface area contributed by atoms with Crippen molar-refractivity contribution in [1.29, 1.82) is 0 Å². The van der Waals surface area contributed by atoms with Gasteiger partial charge in [-0.25, -0.2) is 4.79 Å². The van der Waals surface area contributed by atoms with E-state index in [-0.39, 0.29) is 0 Å². The minimum Gasteiger partial charge on any atom is -0.465 e. The van der Waals surface area contributed by atoms with E-state index < -0.39 is 5.97 Å². The second-order valence-corrected chi connectivity index (χ2v) is 4.71. The van der Waals surface area contributed by atoms with E-state index in [9.17, 15) is 4.79 Å². The number of carbonyl (C=O) groups is 1. The van der Waals surface area contributed by atoms with Crippen LogP contribution in [0.5, 0.6) is 0 Å². The number of anilines is 2. The zero-order valence-corrected chi connectivity index (χ0v) is 11.8. The molecule has 4 nitrogen and oxygen atoms in total. The van der Waals surface area contributed by atoms with E-state index in [4.69, 9.17) is 17.3 Å². The Kier molecular flexibility index (Phi) is 4.48. The summed E-state index contributed by atoms with van der Waals surface area (Å²) in [5.74, 6) is -0.402. The molecule has 0 radical (unpaired) electrons. The summed E-state index contributed by atoms with van der Waals surface area (Å²) in [6, 6.07) is 12.6. The van der Waals surface area contributed by atoms with Gasteiger partial charge in [-0.05, 0) is 35.9 Å². The third kappa shape index (κ3) is 3.42. The first kappa shape index (κ1) is 14.2. The second kappa shape index (κ2) is 6.30. The van der Waals surface area contributed by atoms with Crippen LogP contribution in [0.3, 0.4) is 0 Å². The Labute approximate surface area is 122 Å². The number of methoxy groups -OCH3 is 1. The van der Waals surface area contributed by atoms with Gasteiger partial charge in [-0.1, -0.05) is 23.7 Å². The zero-order chi connectivity index (χ0) is 14.5. The molecule has 0 bridgehead atoms. The number of ether oxygens (including phenoxy) is 1. The number of nitrogens with one attached hydrogen (secondary N) is 1. The number of benzene rings is 2. The van der Waals surface area contributed by atoms with E-state index in [0.717, 1.165) is 11.3 Å². The van der Waals surface area contributed by atoms with E-state index >= 15 is 0 Å². The lowest BCUT2D eigenvalue weighted by atomic mass is 10.1. The molecule has 104 valence electrons. The predicted octanol–water partition coefficient (Wildman–Crippen LogP) is 3.32. The van der Waals surface area contributed by atoms with Crippen LogP contribution in [0.2, 0.25) is 5.02 Å². The van der Waals surface area contributed by atoms with Gasteiger partial charge in [0.2, 0.25) is 0 Å². The molecule has 2 aromatic carbocycles. The van der Waals surface area contributed by atoms with Crippen LogP contribution in [-0.2, 0) is 11.3 Å². The van der Waals surface area contributed by atoms with Crippen LogP contribution in [0.15, 0.2) is 42.5 Å². The highest BCUT2D eigenvalue weighted by molar-refractivity contribution is 6.30. The molecule has 0 atom stereocenters. The van der Waals surface area contributed by atoms with E-state index in [0.29, 0.717) is 22.8 Å². The molecule has 0 aliphatic carbocycles. The van der Waals surface area contributed by atoms with Gasteiger partial charge in [0.1, 0.15) is 0 Å². The summed E-state index contributed by atoms with van der Waals surface area (Å²) < 4.78 is 4.64. The molecule has 3 N–H and O–H groups in total. The molecule has 0 saturated heterocycles. The Morgan fingerprint density at radius 2 is 1.95 bits per heavy atom. The molecule has 0 aliphatic heterocycles. The van der Waals surface area contributed by atoms with Crippen LogP contribution in [0.25, 0.3) is 0 Å². The highest BCUT2D eigenvalue weighted by atomic mass is 35.5. The summed E-state index contributed by atoms with van der Waals surface area (Å²) in [5.41, 5.74) is 8.70. The Balaban J connectivity index is 2.06. The van der Waals surface area contributed by atoms with Crippen molar-refractivity contribution in [3.8, 4) is 0 Å². The van der Waals surface area contributed by atoms with E-state index in [2.05, 4.69) is 10.1 Å². The Bertz CT molecular complexity index is 612. The topological polar surface area (TPSA) is 64.3 Å². The average molecular weight is 291 g/mol. The summed E-state index contributed by atoms with van der Waals surface area (Å²) in [5, 5.41) is 3.92. The van der Waals surface area contributed by atoms with Gasteiger partial charge < -0.3 is 15.8 Å². The summed E-state index contributed by atoms with van der Waals surface area (Å²) in [4.78, 5) is 11.4. The monoisotopic (exact) mass is 290 g/mol. The zero-order valence-electron chi connectivity index (χ0n) is 11.0. The second-order valence-electron chi connectivity index (χ2n) is 4.27. The standard InChI is InChI=1S/C15H15ClN2O2/c1-20-15(19)11-4-7-14(13(17)8-11)18-9-10-2-5-12(16)6-3-10/h2-8,18H,9,17H2,1H3. The highest BCUT2D eigenvalue weighted by Crippen LogP contribution is 2.21. The van der Waals surface area contributed by atoms with Crippen LogP contribution in [0.1, 0.15) is 15.9 Å². The summed E-state index contributed by atoms with van der Waals surface area (Å²) in [7, 11) is 1.34. The van der Waals surface area contributed by atoms with Gasteiger partial charge in [0.25, 0.3) is 0 Å². The molecule has 0 amide bonds. The average Bonchev–Trinajstić information content (AvgIpc) is 2.46. The number of carbonyl (C=O) groups excluding carboxylic acids is 1. The van der Waals surface area contributed by atoms with Crippen LogP contribution < -0.4 is 11.1 Å². The van der Waals surface area contributed by atoms with Gasteiger partial charge >= 0.3 is 5.97 Å². The fourth-order valence-corrected chi connectivity index (χ4v) is 1.89. The van der Waals surface area contributed by atoms with Gasteiger partial charge in [0.15, 0.2) is 0 Å². The molecule has 0 unspecified atom stereocenters. The molecule has 0 fully saturated rings. The lowest BCUT2D eigenvalue weighted by Crippen LogP contribution is -2.06. The first-order chi connectivity index (χ1) is 9.60. The van der Waals surface area contributed by atoms with Crippen LogP contribution in [-0.4, -0.2) is 13.1 Å². The minimum absolute atomic E-state index is 0.402. The van der Waals surface area contributed by atoms with E-state index in [1.54, 1.807) is 18.2 Å². The largest absolute Gasteiger partial charge is 0.465 e. The Morgan fingerprint density at radius 3 is 2.55 bits per heavy atom. The van der Waals surface area contributed by atoms with Crippen LogP contribution >= 0.6 is 11.6 Å². The lowest BCUT2D eigenvalue weighted by molar-refractivity contribution is 0.0601. The fourth-order valence-electron chi connectivity index (χ4n) is 1.77.